The van der Waals surface area contributed by atoms with Crippen LogP contribution in [0.1, 0.15) is 43.0 Å². The number of halogens is 2. The number of benzene rings is 2. The van der Waals surface area contributed by atoms with Gasteiger partial charge in [0.2, 0.25) is 17.7 Å². The quantitative estimate of drug-likeness (QED) is 0.609. The summed E-state index contributed by atoms with van der Waals surface area (Å²) >= 11 is 0. The highest BCUT2D eigenvalue weighted by Gasteiger charge is 2.50. The molecular formula is C29H34F2N4O3. The molecule has 0 radical (unpaired) electrons. The molecule has 202 valence electrons. The van der Waals surface area contributed by atoms with Crippen LogP contribution in [-0.4, -0.2) is 65.8 Å². The molecule has 2 saturated heterocycles. The molecule has 0 unspecified atom stereocenters. The van der Waals surface area contributed by atoms with Crippen molar-refractivity contribution in [2.75, 3.05) is 26.2 Å². The van der Waals surface area contributed by atoms with Crippen molar-refractivity contribution in [2.45, 2.75) is 51.2 Å². The summed E-state index contributed by atoms with van der Waals surface area (Å²) in [6.45, 7) is 5.78. The van der Waals surface area contributed by atoms with Crippen molar-refractivity contribution in [1.29, 1.82) is 0 Å². The summed E-state index contributed by atoms with van der Waals surface area (Å²) in [5.41, 5.74) is 2.17. The minimum Gasteiger partial charge on any atom is -0.342 e. The second-order valence-electron chi connectivity index (χ2n) is 11.0. The Labute approximate surface area is 221 Å². The van der Waals surface area contributed by atoms with Gasteiger partial charge >= 0.3 is 0 Å². The molecule has 1 aliphatic carbocycles. The molecule has 0 saturated carbocycles. The van der Waals surface area contributed by atoms with E-state index in [9.17, 15) is 18.8 Å². The van der Waals surface area contributed by atoms with Crippen LogP contribution in [0.4, 0.5) is 8.78 Å². The number of hydrogen-bond donors (Lipinski definition) is 2. The maximum atomic E-state index is 15.3. The fourth-order valence-electron chi connectivity index (χ4n) is 6.06. The van der Waals surface area contributed by atoms with E-state index in [2.05, 4.69) is 10.6 Å². The van der Waals surface area contributed by atoms with E-state index in [0.717, 1.165) is 23.3 Å². The third kappa shape index (κ3) is 5.04. The lowest BCUT2D eigenvalue weighted by atomic mass is 9.87. The van der Waals surface area contributed by atoms with Crippen LogP contribution < -0.4 is 10.6 Å². The first-order chi connectivity index (χ1) is 18.2. The second-order valence-corrected chi connectivity index (χ2v) is 11.0. The minimum absolute atomic E-state index is 0.0290. The number of fused-ring (bicyclic) bond motifs is 1. The van der Waals surface area contributed by atoms with Gasteiger partial charge in [-0.2, -0.15) is 0 Å². The first-order valence-electron chi connectivity index (χ1n) is 13.4. The number of nitrogens with zero attached hydrogens (tertiary/aromatic N) is 2. The van der Waals surface area contributed by atoms with Gasteiger partial charge in [0.1, 0.15) is 29.8 Å². The van der Waals surface area contributed by atoms with Crippen LogP contribution in [0.2, 0.25) is 0 Å². The molecule has 3 amide bonds. The summed E-state index contributed by atoms with van der Waals surface area (Å²) in [6.07, 6.45) is 1.55. The highest BCUT2D eigenvalue weighted by Crippen LogP contribution is 2.36. The highest BCUT2D eigenvalue weighted by molar-refractivity contribution is 6.00. The summed E-state index contributed by atoms with van der Waals surface area (Å²) in [5.74, 6) is -3.04. The molecule has 5 rings (SSSR count). The van der Waals surface area contributed by atoms with E-state index in [4.69, 9.17) is 0 Å². The van der Waals surface area contributed by atoms with Crippen molar-refractivity contribution in [3.8, 4) is 0 Å². The van der Waals surface area contributed by atoms with Gasteiger partial charge in [0.05, 0.1) is 0 Å². The lowest BCUT2D eigenvalue weighted by Crippen LogP contribution is -2.67. The minimum atomic E-state index is -1.37. The van der Waals surface area contributed by atoms with Gasteiger partial charge in [0.15, 0.2) is 0 Å². The standard InChI is InChI=1S/C29H34F2N4O3/c1-17(2)13-24-27(36)33-25(20-14-18-5-3-4-6-19(18)15-20)28(37)35(24)26(22-8-7-21(30)16-23(22)31)29(38)34-11-9-32-10-12-34/h3-8,16-17,20,24-26,32H,9-15H2,1-2H3,(H,33,36)/t24-,25-,26-/m1/s1. The largest absolute Gasteiger partial charge is 0.342 e. The fourth-order valence-corrected chi connectivity index (χ4v) is 6.06. The summed E-state index contributed by atoms with van der Waals surface area (Å²) in [5, 5.41) is 6.15. The van der Waals surface area contributed by atoms with E-state index in [1.807, 2.05) is 38.1 Å². The van der Waals surface area contributed by atoms with E-state index >= 15 is 4.39 Å². The van der Waals surface area contributed by atoms with Gasteiger partial charge in [-0.05, 0) is 48.3 Å². The lowest BCUT2D eigenvalue weighted by molar-refractivity contribution is -0.160. The molecule has 2 aliphatic heterocycles. The molecule has 0 aromatic heterocycles. The molecule has 2 aromatic carbocycles. The second kappa shape index (κ2) is 10.8. The van der Waals surface area contributed by atoms with Crippen molar-refractivity contribution < 1.29 is 23.2 Å². The van der Waals surface area contributed by atoms with Crippen molar-refractivity contribution in [1.82, 2.24) is 20.4 Å². The van der Waals surface area contributed by atoms with Crippen LogP contribution in [0.25, 0.3) is 0 Å². The average molecular weight is 525 g/mol. The van der Waals surface area contributed by atoms with Gasteiger partial charge in [-0.25, -0.2) is 8.78 Å². The normalized spacial score (nSPS) is 23.0. The Morgan fingerprint density at radius 2 is 1.68 bits per heavy atom. The number of amides is 3. The van der Waals surface area contributed by atoms with E-state index < -0.39 is 41.6 Å². The molecule has 2 fully saturated rings. The average Bonchev–Trinajstić information content (AvgIpc) is 3.33. The maximum Gasteiger partial charge on any atom is 0.250 e. The Balaban J connectivity index is 1.57. The van der Waals surface area contributed by atoms with Crippen LogP contribution in [0, 0.1) is 23.5 Å². The predicted molar refractivity (Wildman–Crippen MR) is 138 cm³/mol. The first kappa shape index (κ1) is 26.3. The molecule has 7 nitrogen and oxygen atoms in total. The number of rotatable bonds is 6. The molecular weight excluding hydrogens is 490 g/mol. The Morgan fingerprint density at radius 3 is 2.29 bits per heavy atom. The number of carbonyl (C=O) groups excluding carboxylic acids is 3. The number of carbonyl (C=O) groups is 3. The van der Waals surface area contributed by atoms with E-state index in [0.29, 0.717) is 45.4 Å². The van der Waals surface area contributed by atoms with Gasteiger partial charge in [-0.15, -0.1) is 0 Å². The number of hydrogen-bond acceptors (Lipinski definition) is 4. The SMILES string of the molecule is CC(C)C[C@@H]1C(=O)N[C@H](C2Cc3ccccc3C2)C(=O)N1[C@@H](C(=O)N1CCNCC1)c1ccc(F)cc1F. The Hall–Kier alpha value is -3.33. The van der Waals surface area contributed by atoms with Gasteiger partial charge in [0.25, 0.3) is 0 Å². The summed E-state index contributed by atoms with van der Waals surface area (Å²) in [4.78, 5) is 44.9. The van der Waals surface area contributed by atoms with Crippen LogP contribution in [0.15, 0.2) is 42.5 Å². The molecule has 0 spiro atoms. The Morgan fingerprint density at radius 1 is 1.03 bits per heavy atom. The van der Waals surface area contributed by atoms with E-state index in [1.165, 1.54) is 11.0 Å². The molecule has 2 aromatic rings. The van der Waals surface area contributed by atoms with Gasteiger partial charge in [-0.3, -0.25) is 14.4 Å². The summed E-state index contributed by atoms with van der Waals surface area (Å²) in [6, 6.07) is 7.81. The predicted octanol–water partition coefficient (Wildman–Crippen LogP) is 2.59. The highest BCUT2D eigenvalue weighted by atomic mass is 19.1. The Bertz CT molecular complexity index is 1210. The zero-order chi connectivity index (χ0) is 27.0. The van der Waals surface area contributed by atoms with Gasteiger partial charge in [-0.1, -0.05) is 44.2 Å². The lowest BCUT2D eigenvalue weighted by Gasteiger charge is -2.46. The maximum absolute atomic E-state index is 15.3. The molecule has 9 heteroatoms. The van der Waals surface area contributed by atoms with E-state index in [1.54, 1.807) is 4.90 Å². The molecule has 3 aliphatic rings. The van der Waals surface area contributed by atoms with Crippen molar-refractivity contribution in [3.63, 3.8) is 0 Å². The van der Waals surface area contributed by atoms with Crippen molar-refractivity contribution in [3.05, 3.63) is 70.8 Å². The zero-order valence-electron chi connectivity index (χ0n) is 21.8. The zero-order valence-corrected chi connectivity index (χ0v) is 21.8. The number of nitrogens with one attached hydrogen (secondary N) is 2. The molecule has 38 heavy (non-hydrogen) atoms. The Kier molecular flexibility index (Phi) is 7.47. The molecule has 2 N–H and O–H groups in total. The van der Waals surface area contributed by atoms with E-state index in [-0.39, 0.29) is 23.3 Å². The van der Waals surface area contributed by atoms with Gasteiger partial charge < -0.3 is 20.4 Å². The molecule has 0 bridgehead atoms. The summed E-state index contributed by atoms with van der Waals surface area (Å²) < 4.78 is 29.2. The van der Waals surface area contributed by atoms with Crippen LogP contribution in [-0.2, 0) is 27.2 Å². The van der Waals surface area contributed by atoms with Crippen LogP contribution >= 0.6 is 0 Å². The molecule has 2 heterocycles. The van der Waals surface area contributed by atoms with Crippen molar-refractivity contribution >= 4 is 17.7 Å². The third-order valence-electron chi connectivity index (χ3n) is 7.90. The topological polar surface area (TPSA) is 81.8 Å². The monoisotopic (exact) mass is 524 g/mol. The smallest absolute Gasteiger partial charge is 0.250 e. The number of piperazine rings is 2. The first-order valence-corrected chi connectivity index (χ1v) is 13.4. The van der Waals surface area contributed by atoms with Crippen LogP contribution in [0.5, 0.6) is 0 Å². The van der Waals surface area contributed by atoms with Gasteiger partial charge in [0, 0.05) is 37.8 Å². The summed E-state index contributed by atoms with van der Waals surface area (Å²) in [7, 11) is 0. The molecule has 3 atom stereocenters. The van der Waals surface area contributed by atoms with Crippen LogP contribution in [0.3, 0.4) is 0 Å². The fraction of sp³-hybridized carbons (Fsp3) is 0.483. The van der Waals surface area contributed by atoms with Crippen molar-refractivity contribution in [2.24, 2.45) is 11.8 Å². The third-order valence-corrected chi connectivity index (χ3v) is 7.90.